The number of anilines is 2. The van der Waals surface area contributed by atoms with Gasteiger partial charge in [0.15, 0.2) is 6.61 Å². The normalized spacial score (nSPS) is 12.9. The van der Waals surface area contributed by atoms with E-state index in [0.29, 0.717) is 17.1 Å². The zero-order valence-electron chi connectivity index (χ0n) is 10.9. The molecule has 0 bridgehead atoms. The number of hydrogen-bond acceptors (Lipinski definition) is 3. The second-order valence-corrected chi connectivity index (χ2v) is 4.48. The van der Waals surface area contributed by atoms with E-state index in [1.807, 2.05) is 0 Å². The molecule has 0 radical (unpaired) electrons. The first-order chi connectivity index (χ1) is 10.1. The lowest BCUT2D eigenvalue weighted by Gasteiger charge is -2.18. The van der Waals surface area contributed by atoms with Gasteiger partial charge in [-0.15, -0.1) is 0 Å². The summed E-state index contributed by atoms with van der Waals surface area (Å²) in [6.45, 7) is -0.0338. The zero-order chi connectivity index (χ0) is 14.8. The van der Waals surface area contributed by atoms with E-state index in [0.717, 1.165) is 0 Å². The van der Waals surface area contributed by atoms with E-state index in [1.165, 1.54) is 18.2 Å². The molecule has 1 aliphatic heterocycles. The van der Waals surface area contributed by atoms with Crippen LogP contribution in [0.4, 0.5) is 15.8 Å². The van der Waals surface area contributed by atoms with Crippen molar-refractivity contribution in [2.45, 2.75) is 0 Å². The third kappa shape index (κ3) is 2.69. The third-order valence-corrected chi connectivity index (χ3v) is 2.99. The van der Waals surface area contributed by atoms with Gasteiger partial charge in [-0.25, -0.2) is 4.39 Å². The molecule has 5 nitrogen and oxygen atoms in total. The minimum absolute atomic E-state index is 0.0338. The van der Waals surface area contributed by atoms with Crippen molar-refractivity contribution in [3.05, 3.63) is 53.8 Å². The molecule has 6 heteroatoms. The van der Waals surface area contributed by atoms with Gasteiger partial charge in [0.1, 0.15) is 11.6 Å². The van der Waals surface area contributed by atoms with E-state index >= 15 is 0 Å². The summed E-state index contributed by atoms with van der Waals surface area (Å²) in [7, 11) is 0. The Kier molecular flexibility index (Phi) is 3.27. The Morgan fingerprint density at radius 1 is 1.24 bits per heavy atom. The topological polar surface area (TPSA) is 67.4 Å². The zero-order valence-corrected chi connectivity index (χ0v) is 10.9. The maximum atomic E-state index is 13.5. The van der Waals surface area contributed by atoms with E-state index in [9.17, 15) is 14.0 Å². The number of halogens is 1. The highest BCUT2D eigenvalue weighted by Gasteiger charge is 2.17. The number of rotatable bonds is 2. The van der Waals surface area contributed by atoms with Crippen LogP contribution in [-0.2, 0) is 4.79 Å². The number of carbonyl (C=O) groups is 2. The minimum atomic E-state index is -0.593. The van der Waals surface area contributed by atoms with Crippen LogP contribution in [0.1, 0.15) is 10.4 Å². The first kappa shape index (κ1) is 13.1. The highest BCUT2D eigenvalue weighted by Crippen LogP contribution is 2.30. The van der Waals surface area contributed by atoms with Crippen LogP contribution in [0.15, 0.2) is 42.5 Å². The van der Waals surface area contributed by atoms with Gasteiger partial charge < -0.3 is 15.4 Å². The molecule has 0 spiro atoms. The number of carbonyl (C=O) groups excluding carboxylic acids is 2. The Morgan fingerprint density at radius 3 is 2.86 bits per heavy atom. The number of fused-ring (bicyclic) bond motifs is 1. The van der Waals surface area contributed by atoms with Gasteiger partial charge in [-0.3, -0.25) is 9.59 Å². The number of ether oxygens (including phenoxy) is 1. The highest BCUT2D eigenvalue weighted by atomic mass is 19.1. The molecule has 0 saturated carbocycles. The van der Waals surface area contributed by atoms with Crippen LogP contribution >= 0.6 is 0 Å². The van der Waals surface area contributed by atoms with Gasteiger partial charge in [-0.1, -0.05) is 12.1 Å². The van der Waals surface area contributed by atoms with Crippen LogP contribution in [0.5, 0.6) is 5.75 Å². The van der Waals surface area contributed by atoms with Crippen molar-refractivity contribution in [1.82, 2.24) is 0 Å². The van der Waals surface area contributed by atoms with Gasteiger partial charge in [0.05, 0.1) is 11.3 Å². The van der Waals surface area contributed by atoms with Crippen LogP contribution in [0, 0.1) is 5.82 Å². The average Bonchev–Trinajstić information content (AvgIpc) is 2.47. The monoisotopic (exact) mass is 286 g/mol. The fourth-order valence-corrected chi connectivity index (χ4v) is 2.00. The summed E-state index contributed by atoms with van der Waals surface area (Å²) in [5, 5.41) is 5.21. The molecule has 0 fully saturated rings. The van der Waals surface area contributed by atoms with E-state index in [2.05, 4.69) is 10.6 Å². The SMILES string of the molecule is O=C1COc2ccc(NC(=O)c3ccccc3F)cc2N1. The highest BCUT2D eigenvalue weighted by molar-refractivity contribution is 6.05. The van der Waals surface area contributed by atoms with Crippen molar-refractivity contribution in [2.75, 3.05) is 17.2 Å². The van der Waals surface area contributed by atoms with Crippen molar-refractivity contribution < 1.29 is 18.7 Å². The minimum Gasteiger partial charge on any atom is -0.482 e. The van der Waals surface area contributed by atoms with Crippen LogP contribution in [0.25, 0.3) is 0 Å². The molecule has 0 aliphatic carbocycles. The molecule has 3 rings (SSSR count). The first-order valence-corrected chi connectivity index (χ1v) is 6.26. The maximum Gasteiger partial charge on any atom is 0.262 e. The molecular formula is C15H11FN2O3. The Morgan fingerprint density at radius 2 is 2.05 bits per heavy atom. The van der Waals surface area contributed by atoms with Gasteiger partial charge in [0.2, 0.25) is 0 Å². The summed E-state index contributed by atoms with van der Waals surface area (Å²) in [5.74, 6) is -0.890. The second kappa shape index (κ2) is 5.24. The molecule has 0 aromatic heterocycles. The number of nitrogens with one attached hydrogen (secondary N) is 2. The molecule has 0 atom stereocenters. The predicted molar refractivity (Wildman–Crippen MR) is 74.9 cm³/mol. The van der Waals surface area contributed by atoms with Crippen molar-refractivity contribution in [3.8, 4) is 5.75 Å². The van der Waals surface area contributed by atoms with Crippen LogP contribution < -0.4 is 15.4 Å². The second-order valence-electron chi connectivity index (χ2n) is 4.48. The van der Waals surface area contributed by atoms with Crippen molar-refractivity contribution in [2.24, 2.45) is 0 Å². The maximum absolute atomic E-state index is 13.5. The lowest BCUT2D eigenvalue weighted by atomic mass is 10.2. The van der Waals surface area contributed by atoms with Crippen LogP contribution in [-0.4, -0.2) is 18.4 Å². The van der Waals surface area contributed by atoms with E-state index in [4.69, 9.17) is 4.74 Å². The summed E-state index contributed by atoms with van der Waals surface area (Å²) in [6, 6.07) is 10.5. The summed E-state index contributed by atoms with van der Waals surface area (Å²) in [5.41, 5.74) is 0.862. The Hall–Kier alpha value is -2.89. The lowest BCUT2D eigenvalue weighted by molar-refractivity contribution is -0.118. The molecule has 0 unspecified atom stereocenters. The molecule has 1 aliphatic rings. The fourth-order valence-electron chi connectivity index (χ4n) is 2.00. The lowest BCUT2D eigenvalue weighted by Crippen LogP contribution is -2.25. The molecule has 21 heavy (non-hydrogen) atoms. The summed E-state index contributed by atoms with van der Waals surface area (Å²) in [4.78, 5) is 23.3. The standard InChI is InChI=1S/C15H11FN2O3/c16-11-4-2-1-3-10(11)15(20)17-9-5-6-13-12(7-9)18-14(19)8-21-13/h1-7H,8H2,(H,17,20)(H,18,19). The Labute approximate surface area is 119 Å². The molecule has 106 valence electrons. The molecule has 2 aromatic rings. The van der Waals surface area contributed by atoms with Crippen molar-refractivity contribution in [3.63, 3.8) is 0 Å². The molecule has 2 aromatic carbocycles. The third-order valence-electron chi connectivity index (χ3n) is 2.99. The van der Waals surface area contributed by atoms with Gasteiger partial charge >= 0.3 is 0 Å². The van der Waals surface area contributed by atoms with Crippen molar-refractivity contribution >= 4 is 23.2 Å². The van der Waals surface area contributed by atoms with Gasteiger partial charge in [-0.2, -0.15) is 0 Å². The van der Waals surface area contributed by atoms with Gasteiger partial charge in [-0.05, 0) is 30.3 Å². The molecule has 2 amide bonds. The number of amides is 2. The van der Waals surface area contributed by atoms with Gasteiger partial charge in [0, 0.05) is 5.69 Å². The van der Waals surface area contributed by atoms with Gasteiger partial charge in [0.25, 0.3) is 11.8 Å². The smallest absolute Gasteiger partial charge is 0.262 e. The molecule has 0 saturated heterocycles. The number of benzene rings is 2. The average molecular weight is 286 g/mol. The largest absolute Gasteiger partial charge is 0.482 e. The van der Waals surface area contributed by atoms with Crippen LogP contribution in [0.3, 0.4) is 0 Å². The fraction of sp³-hybridized carbons (Fsp3) is 0.0667. The Bertz CT molecular complexity index is 731. The summed E-state index contributed by atoms with van der Waals surface area (Å²) in [6.07, 6.45) is 0. The van der Waals surface area contributed by atoms with E-state index in [-0.39, 0.29) is 18.1 Å². The first-order valence-electron chi connectivity index (χ1n) is 6.26. The summed E-state index contributed by atoms with van der Waals surface area (Å²) >= 11 is 0. The van der Waals surface area contributed by atoms with E-state index in [1.54, 1.807) is 24.3 Å². The van der Waals surface area contributed by atoms with E-state index < -0.39 is 11.7 Å². The molecular weight excluding hydrogens is 275 g/mol. The quantitative estimate of drug-likeness (QED) is 0.891. The van der Waals surface area contributed by atoms with Crippen molar-refractivity contribution in [1.29, 1.82) is 0 Å². The Balaban J connectivity index is 1.82. The molecule has 2 N–H and O–H groups in total. The van der Waals surface area contributed by atoms with Crippen LogP contribution in [0.2, 0.25) is 0 Å². The molecule has 1 heterocycles. The summed E-state index contributed by atoms with van der Waals surface area (Å²) < 4.78 is 18.7. The predicted octanol–water partition coefficient (Wildman–Crippen LogP) is 2.41. The number of hydrogen-bond donors (Lipinski definition) is 2.